The summed E-state index contributed by atoms with van der Waals surface area (Å²) in [6.45, 7) is 4.95. The van der Waals surface area contributed by atoms with Gasteiger partial charge in [0.25, 0.3) is 0 Å². The van der Waals surface area contributed by atoms with E-state index in [0.29, 0.717) is 26.0 Å². The van der Waals surface area contributed by atoms with Crippen LogP contribution in [0.15, 0.2) is 0 Å². The lowest BCUT2D eigenvalue weighted by Gasteiger charge is -2.42. The molecule has 162 valence electrons. The molecule has 6 nitrogen and oxygen atoms in total. The largest absolute Gasteiger partial charge is 0.762 e. The van der Waals surface area contributed by atoms with Gasteiger partial charge in [-0.3, -0.25) is 14.9 Å². The summed E-state index contributed by atoms with van der Waals surface area (Å²) >= 11 is 0. The molecule has 0 amide bonds. The molecule has 0 spiro atoms. The molecule has 3 unspecified atom stereocenters. The van der Waals surface area contributed by atoms with E-state index < -0.39 is 6.04 Å². The molecule has 1 heterocycles. The quantitative estimate of drug-likeness (QED) is 0.626. The fourth-order valence-electron chi connectivity index (χ4n) is 5.68. The van der Waals surface area contributed by atoms with Crippen LogP contribution in [0.4, 0.5) is 0 Å². The SMILES string of the molecule is CCOC1CCC(C(=O)CN2CCC(CC3CCCCC3)CC2)CC1N([O-])O. The molecule has 28 heavy (non-hydrogen) atoms. The minimum atomic E-state index is -0.621. The number of ketones is 1. The van der Waals surface area contributed by atoms with Gasteiger partial charge in [-0.15, -0.1) is 0 Å². The number of hydrogen-bond donors (Lipinski definition) is 1. The molecule has 0 radical (unpaired) electrons. The first-order valence-electron chi connectivity index (χ1n) is 11.6. The Balaban J connectivity index is 1.40. The van der Waals surface area contributed by atoms with Crippen molar-refractivity contribution in [2.75, 3.05) is 26.2 Å². The van der Waals surface area contributed by atoms with Gasteiger partial charge in [0, 0.05) is 18.6 Å². The minimum absolute atomic E-state index is 0.0104. The third kappa shape index (κ3) is 6.23. The van der Waals surface area contributed by atoms with E-state index in [9.17, 15) is 15.2 Å². The second-order valence-corrected chi connectivity index (χ2v) is 9.30. The molecule has 2 saturated carbocycles. The van der Waals surface area contributed by atoms with E-state index in [-0.39, 0.29) is 23.0 Å². The lowest BCUT2D eigenvalue weighted by atomic mass is 9.79. The predicted molar refractivity (Wildman–Crippen MR) is 109 cm³/mol. The van der Waals surface area contributed by atoms with Crippen LogP contribution < -0.4 is 0 Å². The molecule has 1 aliphatic heterocycles. The number of carbonyl (C=O) groups is 1. The molecule has 0 aromatic heterocycles. The number of nitrogens with zero attached hydrogens (tertiary/aromatic N) is 2. The average molecular weight is 396 g/mol. The molecule has 1 N–H and O–H groups in total. The number of carbonyl (C=O) groups excluding carboxylic acids is 1. The van der Waals surface area contributed by atoms with E-state index in [4.69, 9.17) is 4.74 Å². The Labute approximate surface area is 170 Å². The van der Waals surface area contributed by atoms with E-state index in [2.05, 4.69) is 4.90 Å². The molecule has 2 aliphatic carbocycles. The highest BCUT2D eigenvalue weighted by molar-refractivity contribution is 5.83. The number of hydrogen-bond acceptors (Lipinski definition) is 6. The first kappa shape index (κ1) is 22.2. The van der Waals surface area contributed by atoms with Crippen molar-refractivity contribution in [1.82, 2.24) is 10.1 Å². The van der Waals surface area contributed by atoms with E-state index in [1.807, 2.05) is 6.92 Å². The molecular formula is C22H39N2O4-. The summed E-state index contributed by atoms with van der Waals surface area (Å²) < 4.78 is 5.59. The zero-order valence-corrected chi connectivity index (χ0v) is 17.6. The Morgan fingerprint density at radius 3 is 2.39 bits per heavy atom. The fourth-order valence-corrected chi connectivity index (χ4v) is 5.68. The first-order chi connectivity index (χ1) is 13.6. The van der Waals surface area contributed by atoms with Crippen LogP contribution in [0.1, 0.15) is 77.6 Å². The van der Waals surface area contributed by atoms with Crippen LogP contribution in [0.25, 0.3) is 0 Å². The van der Waals surface area contributed by atoms with Crippen LogP contribution >= 0.6 is 0 Å². The number of rotatable bonds is 8. The second-order valence-electron chi connectivity index (χ2n) is 9.30. The van der Waals surface area contributed by atoms with Gasteiger partial charge in [0.2, 0.25) is 0 Å². The normalized spacial score (nSPS) is 31.4. The fraction of sp³-hybridized carbons (Fsp3) is 0.955. The van der Waals surface area contributed by atoms with Crippen molar-refractivity contribution >= 4 is 5.78 Å². The van der Waals surface area contributed by atoms with Crippen LogP contribution in [-0.4, -0.2) is 59.5 Å². The zero-order chi connectivity index (χ0) is 19.9. The van der Waals surface area contributed by atoms with Gasteiger partial charge in [0.05, 0.1) is 12.6 Å². The van der Waals surface area contributed by atoms with Gasteiger partial charge in [-0.05, 0) is 70.4 Å². The maximum absolute atomic E-state index is 12.8. The summed E-state index contributed by atoms with van der Waals surface area (Å²) in [6, 6.07) is -0.621. The van der Waals surface area contributed by atoms with Gasteiger partial charge in [-0.25, -0.2) is 0 Å². The maximum Gasteiger partial charge on any atom is 0.149 e. The topological polar surface area (TPSA) is 76.1 Å². The Morgan fingerprint density at radius 1 is 1.07 bits per heavy atom. The highest BCUT2D eigenvalue weighted by Crippen LogP contribution is 2.34. The molecule has 0 bridgehead atoms. The van der Waals surface area contributed by atoms with Crippen molar-refractivity contribution in [3.05, 3.63) is 5.21 Å². The van der Waals surface area contributed by atoms with Crippen molar-refractivity contribution in [2.24, 2.45) is 17.8 Å². The average Bonchev–Trinajstić information content (AvgIpc) is 2.70. The van der Waals surface area contributed by atoms with Crippen molar-refractivity contribution in [3.63, 3.8) is 0 Å². The number of piperidine rings is 1. The molecule has 0 aromatic carbocycles. The van der Waals surface area contributed by atoms with Crippen molar-refractivity contribution in [2.45, 2.75) is 89.7 Å². The highest BCUT2D eigenvalue weighted by Gasteiger charge is 2.35. The van der Waals surface area contributed by atoms with Gasteiger partial charge in [-0.1, -0.05) is 32.1 Å². The van der Waals surface area contributed by atoms with Crippen LogP contribution in [0.5, 0.6) is 0 Å². The molecule has 6 heteroatoms. The lowest BCUT2D eigenvalue weighted by molar-refractivity contribution is -0.152. The zero-order valence-electron chi connectivity index (χ0n) is 17.6. The highest BCUT2D eigenvalue weighted by atomic mass is 16.8. The predicted octanol–water partition coefficient (Wildman–Crippen LogP) is 4.00. The van der Waals surface area contributed by atoms with E-state index in [1.54, 1.807) is 0 Å². The maximum atomic E-state index is 12.8. The van der Waals surface area contributed by atoms with Crippen LogP contribution in [0.2, 0.25) is 0 Å². The molecule has 1 saturated heterocycles. The number of Topliss-reactive ketones (excluding diaryl/α,β-unsaturated/α-hetero) is 1. The minimum Gasteiger partial charge on any atom is -0.762 e. The van der Waals surface area contributed by atoms with Crippen molar-refractivity contribution < 1.29 is 14.7 Å². The van der Waals surface area contributed by atoms with E-state index in [1.165, 1.54) is 51.4 Å². The summed E-state index contributed by atoms with van der Waals surface area (Å²) in [5.74, 6) is 1.87. The Hall–Kier alpha value is -0.530. The summed E-state index contributed by atoms with van der Waals surface area (Å²) in [5, 5.41) is 21.0. The van der Waals surface area contributed by atoms with Crippen molar-refractivity contribution in [1.29, 1.82) is 0 Å². The number of hydroxylamine groups is 2. The molecule has 0 aromatic rings. The lowest BCUT2D eigenvalue weighted by Crippen LogP contribution is -2.47. The molecular weight excluding hydrogens is 356 g/mol. The van der Waals surface area contributed by atoms with Crippen LogP contribution in [-0.2, 0) is 9.53 Å². The van der Waals surface area contributed by atoms with Gasteiger partial charge in [-0.2, -0.15) is 0 Å². The molecule has 3 fully saturated rings. The van der Waals surface area contributed by atoms with Crippen molar-refractivity contribution in [3.8, 4) is 0 Å². The van der Waals surface area contributed by atoms with Gasteiger partial charge in [0.1, 0.15) is 5.78 Å². The monoisotopic (exact) mass is 395 g/mol. The summed E-state index contributed by atoms with van der Waals surface area (Å²) in [7, 11) is 0. The number of ether oxygens (including phenoxy) is 1. The Kier molecular flexibility index (Phi) is 8.72. The number of likely N-dealkylation sites (tertiary alicyclic amines) is 1. The third-order valence-electron chi connectivity index (χ3n) is 7.35. The third-order valence-corrected chi connectivity index (χ3v) is 7.35. The van der Waals surface area contributed by atoms with Crippen LogP contribution in [0, 0.1) is 23.0 Å². The second kappa shape index (κ2) is 11.0. The Morgan fingerprint density at radius 2 is 1.75 bits per heavy atom. The van der Waals surface area contributed by atoms with Crippen LogP contribution in [0.3, 0.4) is 0 Å². The summed E-state index contributed by atoms with van der Waals surface area (Å²) in [5.41, 5.74) is 0. The Bertz CT molecular complexity index is 473. The van der Waals surface area contributed by atoms with E-state index >= 15 is 0 Å². The van der Waals surface area contributed by atoms with Gasteiger partial charge < -0.3 is 15.2 Å². The standard InChI is InChI=1S/C22H39N2O4/c1-2-28-22-9-8-19(15-20(22)24(26)27)21(25)16-23-12-10-18(11-13-23)14-17-6-4-3-5-7-17/h17-20,22,26H,2-16H2,1H3/q-1. The first-order valence-corrected chi connectivity index (χ1v) is 11.6. The van der Waals surface area contributed by atoms with E-state index in [0.717, 1.165) is 31.3 Å². The summed E-state index contributed by atoms with van der Waals surface area (Å²) in [6.07, 6.45) is 12.5. The molecule has 3 aliphatic rings. The smallest absolute Gasteiger partial charge is 0.149 e. The van der Waals surface area contributed by atoms with Gasteiger partial charge in [0.15, 0.2) is 0 Å². The van der Waals surface area contributed by atoms with Gasteiger partial charge >= 0.3 is 0 Å². The molecule has 3 rings (SSSR count). The molecule has 3 atom stereocenters. The summed E-state index contributed by atoms with van der Waals surface area (Å²) in [4.78, 5) is 15.1.